The number of nitrogens with zero attached hydrogens (tertiary/aromatic N) is 1. The number of benzene rings is 3. The van der Waals surface area contributed by atoms with Gasteiger partial charge in [0.2, 0.25) is 5.91 Å². The van der Waals surface area contributed by atoms with Gasteiger partial charge in [-0.1, -0.05) is 29.8 Å². The summed E-state index contributed by atoms with van der Waals surface area (Å²) in [6.07, 6.45) is 1.49. The van der Waals surface area contributed by atoms with Gasteiger partial charge in [-0.15, -0.1) is 0 Å². The molecular weight excluding hydrogens is 510 g/mol. The third-order valence-electron chi connectivity index (χ3n) is 4.37. The van der Waals surface area contributed by atoms with Crippen molar-refractivity contribution >= 4 is 51.2 Å². The van der Waals surface area contributed by atoms with Crippen molar-refractivity contribution < 1.29 is 19.1 Å². The van der Waals surface area contributed by atoms with Crippen LogP contribution < -0.4 is 20.2 Å². The summed E-state index contributed by atoms with van der Waals surface area (Å²) in [7, 11) is 1.54. The lowest BCUT2D eigenvalue weighted by molar-refractivity contribution is -0.114. The Balaban J connectivity index is 1.67. The van der Waals surface area contributed by atoms with Crippen LogP contribution in [0.5, 0.6) is 11.5 Å². The van der Waals surface area contributed by atoms with Crippen molar-refractivity contribution in [3.8, 4) is 11.5 Å². The summed E-state index contributed by atoms with van der Waals surface area (Å²) in [5.74, 6) is 0.427. The van der Waals surface area contributed by atoms with Crippen LogP contribution in [0.3, 0.4) is 0 Å². The molecule has 0 atom stereocenters. The summed E-state index contributed by atoms with van der Waals surface area (Å²) in [6, 6.07) is 17.5. The van der Waals surface area contributed by atoms with Gasteiger partial charge < -0.3 is 14.8 Å². The van der Waals surface area contributed by atoms with Gasteiger partial charge in [0.1, 0.15) is 6.61 Å². The summed E-state index contributed by atoms with van der Waals surface area (Å²) < 4.78 is 12.0. The van der Waals surface area contributed by atoms with Gasteiger partial charge in [0.05, 0.1) is 17.8 Å². The molecule has 0 aliphatic heterocycles. The van der Waals surface area contributed by atoms with E-state index in [1.165, 1.54) is 13.1 Å². The van der Waals surface area contributed by atoms with Crippen LogP contribution in [-0.2, 0) is 11.4 Å². The molecule has 3 aromatic carbocycles. The second-order valence-electron chi connectivity index (χ2n) is 6.91. The van der Waals surface area contributed by atoms with Crippen molar-refractivity contribution in [2.45, 2.75) is 13.5 Å². The highest BCUT2D eigenvalue weighted by molar-refractivity contribution is 9.10. The first-order valence-electron chi connectivity index (χ1n) is 9.81. The average molecular weight is 531 g/mol. The van der Waals surface area contributed by atoms with E-state index in [0.29, 0.717) is 44.4 Å². The summed E-state index contributed by atoms with van der Waals surface area (Å²) >= 11 is 9.42. The average Bonchev–Trinajstić information content (AvgIpc) is 2.79. The maximum atomic E-state index is 12.4. The molecule has 0 heterocycles. The van der Waals surface area contributed by atoms with Crippen molar-refractivity contribution in [3.63, 3.8) is 0 Å². The van der Waals surface area contributed by atoms with E-state index in [9.17, 15) is 9.59 Å². The number of carbonyl (C=O) groups is 2. The fraction of sp³-hybridized carbons (Fsp3) is 0.125. The first-order valence-corrected chi connectivity index (χ1v) is 11.0. The van der Waals surface area contributed by atoms with Crippen LogP contribution in [0.15, 0.2) is 70.2 Å². The van der Waals surface area contributed by atoms with Crippen LogP contribution in [0.25, 0.3) is 0 Å². The first kappa shape index (κ1) is 24.3. The summed E-state index contributed by atoms with van der Waals surface area (Å²) in [4.78, 5) is 23.5. The Morgan fingerprint density at radius 3 is 2.58 bits per heavy atom. The summed E-state index contributed by atoms with van der Waals surface area (Å²) in [5.41, 5.74) is 5.01. The fourth-order valence-corrected chi connectivity index (χ4v) is 3.56. The lowest BCUT2D eigenvalue weighted by atomic mass is 10.2. The van der Waals surface area contributed by atoms with Gasteiger partial charge >= 0.3 is 0 Å². The van der Waals surface area contributed by atoms with Crippen LogP contribution in [0.4, 0.5) is 5.69 Å². The maximum Gasteiger partial charge on any atom is 0.271 e. The highest BCUT2D eigenvalue weighted by atomic mass is 79.9. The number of ether oxygens (including phenoxy) is 2. The van der Waals surface area contributed by atoms with Gasteiger partial charge in [0.25, 0.3) is 5.91 Å². The zero-order valence-electron chi connectivity index (χ0n) is 17.9. The minimum atomic E-state index is -0.410. The minimum Gasteiger partial charge on any atom is -0.493 e. The van der Waals surface area contributed by atoms with Gasteiger partial charge in [0.15, 0.2) is 11.5 Å². The Labute approximate surface area is 204 Å². The Bertz CT molecular complexity index is 1180. The number of anilines is 1. The fourth-order valence-electron chi connectivity index (χ4n) is 2.86. The number of hydrogen-bond donors (Lipinski definition) is 2. The summed E-state index contributed by atoms with van der Waals surface area (Å²) in [5, 5.41) is 7.31. The van der Waals surface area contributed by atoms with Gasteiger partial charge in [-0.2, -0.15) is 5.10 Å². The molecule has 2 amide bonds. The third-order valence-corrected chi connectivity index (χ3v) is 5.21. The smallest absolute Gasteiger partial charge is 0.271 e. The van der Waals surface area contributed by atoms with Crippen molar-refractivity contribution in [1.82, 2.24) is 5.43 Å². The second kappa shape index (κ2) is 11.5. The summed E-state index contributed by atoms with van der Waals surface area (Å²) in [6.45, 7) is 1.74. The number of methoxy groups -OCH3 is 1. The standard InChI is InChI=1S/C24H21BrClN3O4/c1-15(30)28-20-5-3-4-18(12-20)24(31)29-27-13-17-10-21(25)23(22(11-17)32-2)33-14-16-6-8-19(26)9-7-16/h3-13H,14H2,1-2H3,(H,28,30)(H,29,31)/b27-13-. The van der Waals surface area contributed by atoms with E-state index < -0.39 is 5.91 Å². The maximum absolute atomic E-state index is 12.4. The topological polar surface area (TPSA) is 89.0 Å². The lowest BCUT2D eigenvalue weighted by Gasteiger charge is -2.13. The molecule has 0 saturated carbocycles. The molecule has 9 heteroatoms. The van der Waals surface area contributed by atoms with Gasteiger partial charge in [0, 0.05) is 23.2 Å². The van der Waals surface area contributed by atoms with Crippen LogP contribution in [0, 0.1) is 0 Å². The van der Waals surface area contributed by atoms with E-state index in [1.54, 1.807) is 55.6 Å². The van der Waals surface area contributed by atoms with E-state index in [-0.39, 0.29) is 5.91 Å². The van der Waals surface area contributed by atoms with Crippen molar-refractivity contribution in [1.29, 1.82) is 0 Å². The zero-order chi connectivity index (χ0) is 23.8. The highest BCUT2D eigenvalue weighted by Gasteiger charge is 2.12. The number of hydrogen-bond acceptors (Lipinski definition) is 5. The molecule has 0 fully saturated rings. The molecule has 0 aliphatic rings. The van der Waals surface area contributed by atoms with E-state index in [4.69, 9.17) is 21.1 Å². The molecular formula is C24H21BrClN3O4. The number of hydrazone groups is 1. The number of nitrogens with one attached hydrogen (secondary N) is 2. The molecule has 3 aromatic rings. The SMILES string of the molecule is COc1cc(/C=N\NC(=O)c2cccc(NC(C)=O)c2)cc(Br)c1OCc1ccc(Cl)cc1. The third kappa shape index (κ3) is 7.06. The molecule has 0 aliphatic carbocycles. The predicted molar refractivity (Wildman–Crippen MR) is 132 cm³/mol. The molecule has 33 heavy (non-hydrogen) atoms. The van der Waals surface area contributed by atoms with Gasteiger partial charge in [-0.3, -0.25) is 9.59 Å². The predicted octanol–water partition coefficient (Wildman–Crippen LogP) is 5.41. The number of carbonyl (C=O) groups excluding carboxylic acids is 2. The molecule has 170 valence electrons. The Morgan fingerprint density at radius 2 is 1.88 bits per heavy atom. The Kier molecular flexibility index (Phi) is 8.46. The second-order valence-corrected chi connectivity index (χ2v) is 8.20. The molecule has 7 nitrogen and oxygen atoms in total. The Hall–Kier alpha value is -3.36. The highest BCUT2D eigenvalue weighted by Crippen LogP contribution is 2.37. The molecule has 2 N–H and O–H groups in total. The monoisotopic (exact) mass is 529 g/mol. The zero-order valence-corrected chi connectivity index (χ0v) is 20.2. The molecule has 3 rings (SSSR count). The van der Waals surface area contributed by atoms with Crippen molar-refractivity contribution in [2.24, 2.45) is 5.10 Å². The normalized spacial score (nSPS) is 10.7. The van der Waals surface area contributed by atoms with Gasteiger partial charge in [-0.05, 0) is 69.5 Å². The number of rotatable bonds is 8. The van der Waals surface area contributed by atoms with Crippen LogP contribution in [-0.4, -0.2) is 25.1 Å². The van der Waals surface area contributed by atoms with Crippen LogP contribution >= 0.6 is 27.5 Å². The van der Waals surface area contributed by atoms with Crippen molar-refractivity contribution in [2.75, 3.05) is 12.4 Å². The van der Waals surface area contributed by atoms with Crippen LogP contribution in [0.1, 0.15) is 28.4 Å². The van der Waals surface area contributed by atoms with Crippen LogP contribution in [0.2, 0.25) is 5.02 Å². The quantitative estimate of drug-likeness (QED) is 0.301. The largest absolute Gasteiger partial charge is 0.493 e. The van der Waals surface area contributed by atoms with E-state index in [2.05, 4.69) is 31.8 Å². The van der Waals surface area contributed by atoms with E-state index in [1.807, 2.05) is 12.1 Å². The lowest BCUT2D eigenvalue weighted by Crippen LogP contribution is -2.18. The molecule has 0 radical (unpaired) electrons. The molecule has 0 spiro atoms. The van der Waals surface area contributed by atoms with Crippen molar-refractivity contribution in [3.05, 3.63) is 86.8 Å². The van der Waals surface area contributed by atoms with E-state index >= 15 is 0 Å². The van der Waals surface area contributed by atoms with E-state index in [0.717, 1.165) is 5.56 Å². The van der Waals surface area contributed by atoms with Gasteiger partial charge in [-0.25, -0.2) is 5.43 Å². The Morgan fingerprint density at radius 1 is 1.12 bits per heavy atom. The molecule has 0 bridgehead atoms. The number of halogens is 2. The molecule has 0 unspecified atom stereocenters. The number of amides is 2. The minimum absolute atomic E-state index is 0.217. The first-order chi connectivity index (χ1) is 15.9. The molecule has 0 aromatic heterocycles. The molecule has 0 saturated heterocycles.